The van der Waals surface area contributed by atoms with E-state index in [-0.39, 0.29) is 50.6 Å². The molecule has 238 valence electrons. The predicted octanol–water partition coefficient (Wildman–Crippen LogP) is 4.07. The Morgan fingerprint density at radius 3 is 2.27 bits per heavy atom. The lowest BCUT2D eigenvalue weighted by atomic mass is 10.0. The van der Waals surface area contributed by atoms with Crippen LogP contribution in [0.1, 0.15) is 25.0 Å². The van der Waals surface area contributed by atoms with E-state index in [2.05, 4.69) is 22.5 Å². The Morgan fingerprint density at radius 1 is 0.933 bits per heavy atom. The zero-order valence-electron chi connectivity index (χ0n) is 25.6. The third-order valence-electron chi connectivity index (χ3n) is 8.19. The largest absolute Gasteiger partial charge is 0.488 e. The van der Waals surface area contributed by atoms with Gasteiger partial charge >= 0.3 is 6.03 Å². The van der Waals surface area contributed by atoms with Gasteiger partial charge in [-0.3, -0.25) is 9.69 Å². The molecule has 0 aromatic heterocycles. The van der Waals surface area contributed by atoms with Gasteiger partial charge in [-0.2, -0.15) is 0 Å². The molecule has 3 aromatic carbocycles. The number of hydrogen-bond donors (Lipinski definition) is 3. The van der Waals surface area contributed by atoms with Gasteiger partial charge in [0, 0.05) is 48.6 Å². The van der Waals surface area contributed by atoms with Crippen LogP contribution < -0.4 is 34.3 Å². The van der Waals surface area contributed by atoms with Gasteiger partial charge in [0.1, 0.15) is 11.9 Å². The summed E-state index contributed by atoms with van der Waals surface area (Å²) in [5.74, 6) is 3.09. The second-order valence-electron chi connectivity index (χ2n) is 11.7. The molecule has 3 aliphatic heterocycles. The van der Waals surface area contributed by atoms with Crippen LogP contribution in [0.2, 0.25) is 0 Å². The van der Waals surface area contributed by atoms with Gasteiger partial charge < -0.3 is 44.3 Å². The number of urea groups is 1. The van der Waals surface area contributed by atoms with E-state index in [1.54, 1.807) is 41.3 Å². The molecule has 6 rings (SSSR count). The lowest BCUT2D eigenvalue weighted by molar-refractivity contribution is -0.134. The summed E-state index contributed by atoms with van der Waals surface area (Å²) in [6.45, 7) is 5.79. The first kappa shape index (κ1) is 30.4. The fourth-order valence-corrected chi connectivity index (χ4v) is 5.72. The van der Waals surface area contributed by atoms with Crippen molar-refractivity contribution < 1.29 is 38.4 Å². The molecule has 0 bridgehead atoms. The molecule has 0 radical (unpaired) electrons. The molecule has 0 fully saturated rings. The average molecular weight is 619 g/mol. The standard InChI is InChI=1S/C33H38N4O8/c1-20-14-37(21(2)17-38)32(39)12-23-11-24(34-33(40)35-25-6-9-28-30(13-25)44-19-42-28)5-8-26(23)45-31(20)16-36(3)15-22-4-7-27-29(10-22)43-18-41-27/h4-11,13,20-21,31,38H,12,14-19H2,1-3H3,(H2,34,35,40)/t20-,21+,31+/m0/s1. The Balaban J connectivity index is 1.19. The molecule has 3 aliphatic rings. The first-order chi connectivity index (χ1) is 21.7. The minimum atomic E-state index is -0.448. The van der Waals surface area contributed by atoms with E-state index in [1.165, 1.54) is 0 Å². The molecule has 3 atom stereocenters. The number of ether oxygens (including phenoxy) is 5. The van der Waals surface area contributed by atoms with Crippen molar-refractivity contribution in [1.82, 2.24) is 9.80 Å². The smallest absolute Gasteiger partial charge is 0.323 e. The summed E-state index contributed by atoms with van der Waals surface area (Å²) in [5.41, 5.74) is 2.79. The number of benzene rings is 3. The molecule has 0 unspecified atom stereocenters. The zero-order valence-corrected chi connectivity index (χ0v) is 25.6. The monoisotopic (exact) mass is 618 g/mol. The van der Waals surface area contributed by atoms with Gasteiger partial charge in [0.15, 0.2) is 23.0 Å². The van der Waals surface area contributed by atoms with E-state index in [9.17, 15) is 14.7 Å². The van der Waals surface area contributed by atoms with Crippen LogP contribution in [0, 0.1) is 5.92 Å². The summed E-state index contributed by atoms with van der Waals surface area (Å²) >= 11 is 0. The van der Waals surface area contributed by atoms with Crippen molar-refractivity contribution in [2.45, 2.75) is 39.0 Å². The highest BCUT2D eigenvalue weighted by Gasteiger charge is 2.31. The molecule has 0 aliphatic carbocycles. The number of aliphatic hydroxyl groups excluding tert-OH is 1. The molecular formula is C33H38N4O8. The summed E-state index contributed by atoms with van der Waals surface area (Å²) in [6, 6.07) is 15.6. The van der Waals surface area contributed by atoms with Crippen LogP contribution in [-0.4, -0.2) is 79.3 Å². The quantitative estimate of drug-likeness (QED) is 0.342. The zero-order chi connectivity index (χ0) is 31.5. The number of likely N-dealkylation sites (N-methyl/N-ethyl adjacent to an activating group) is 1. The maximum absolute atomic E-state index is 13.6. The third-order valence-corrected chi connectivity index (χ3v) is 8.19. The van der Waals surface area contributed by atoms with Gasteiger partial charge in [-0.15, -0.1) is 0 Å². The lowest BCUT2D eigenvalue weighted by Crippen LogP contribution is -2.47. The van der Waals surface area contributed by atoms with Crippen molar-refractivity contribution in [2.75, 3.05) is 51.0 Å². The highest BCUT2D eigenvalue weighted by Crippen LogP contribution is 2.35. The average Bonchev–Trinajstić information content (AvgIpc) is 3.69. The minimum absolute atomic E-state index is 0.0432. The van der Waals surface area contributed by atoms with Crippen molar-refractivity contribution >= 4 is 23.3 Å². The normalized spacial score (nSPS) is 19.2. The summed E-state index contributed by atoms with van der Waals surface area (Å²) in [7, 11) is 2.03. The second-order valence-corrected chi connectivity index (χ2v) is 11.7. The van der Waals surface area contributed by atoms with Gasteiger partial charge in [0.2, 0.25) is 19.5 Å². The second kappa shape index (κ2) is 13.1. The van der Waals surface area contributed by atoms with Crippen molar-refractivity contribution in [3.63, 3.8) is 0 Å². The number of carbonyl (C=O) groups is 2. The van der Waals surface area contributed by atoms with Crippen molar-refractivity contribution in [1.29, 1.82) is 0 Å². The van der Waals surface area contributed by atoms with Crippen LogP contribution in [0.4, 0.5) is 16.2 Å². The molecule has 12 nitrogen and oxygen atoms in total. The van der Waals surface area contributed by atoms with E-state index in [1.807, 2.05) is 32.2 Å². The summed E-state index contributed by atoms with van der Waals surface area (Å²) in [4.78, 5) is 30.3. The molecule has 12 heteroatoms. The maximum atomic E-state index is 13.6. The molecule has 3 amide bonds. The molecule has 3 heterocycles. The van der Waals surface area contributed by atoms with Gasteiger partial charge in [-0.1, -0.05) is 13.0 Å². The van der Waals surface area contributed by atoms with Crippen LogP contribution in [0.15, 0.2) is 54.6 Å². The van der Waals surface area contributed by atoms with Gasteiger partial charge in [-0.25, -0.2) is 4.79 Å². The van der Waals surface area contributed by atoms with Crippen LogP contribution in [-0.2, 0) is 17.8 Å². The topological polar surface area (TPSA) is 131 Å². The number of nitrogens with one attached hydrogen (secondary N) is 2. The number of carbonyl (C=O) groups excluding carboxylic acids is 2. The number of hydrogen-bond acceptors (Lipinski definition) is 9. The minimum Gasteiger partial charge on any atom is -0.488 e. The van der Waals surface area contributed by atoms with Crippen LogP contribution in [0.3, 0.4) is 0 Å². The number of anilines is 2. The van der Waals surface area contributed by atoms with E-state index < -0.39 is 6.03 Å². The van der Waals surface area contributed by atoms with Crippen LogP contribution in [0.25, 0.3) is 0 Å². The SMILES string of the molecule is C[C@H](CO)N1C[C@H](C)[C@@H](CN(C)Cc2ccc3c(c2)OCO3)Oc2ccc(NC(=O)Nc3ccc4c(c3)OCO4)cc2CC1=O. The Labute approximate surface area is 261 Å². The van der Waals surface area contributed by atoms with Gasteiger partial charge in [0.05, 0.1) is 19.1 Å². The molecule has 3 N–H and O–H groups in total. The third kappa shape index (κ3) is 7.02. The van der Waals surface area contributed by atoms with Crippen molar-refractivity contribution in [2.24, 2.45) is 5.92 Å². The lowest BCUT2D eigenvalue weighted by Gasteiger charge is -2.34. The molecule has 3 aromatic rings. The fourth-order valence-electron chi connectivity index (χ4n) is 5.72. The Kier molecular flexibility index (Phi) is 8.85. The summed E-state index contributed by atoms with van der Waals surface area (Å²) < 4.78 is 28.3. The summed E-state index contributed by atoms with van der Waals surface area (Å²) in [5, 5.41) is 15.6. The Bertz CT molecular complexity index is 1570. The first-order valence-corrected chi connectivity index (χ1v) is 15.0. The first-order valence-electron chi connectivity index (χ1n) is 15.0. The van der Waals surface area contributed by atoms with E-state index >= 15 is 0 Å². The van der Waals surface area contributed by atoms with Crippen molar-refractivity contribution in [3.05, 3.63) is 65.7 Å². The van der Waals surface area contributed by atoms with Crippen molar-refractivity contribution in [3.8, 4) is 28.7 Å². The number of amides is 3. The molecule has 45 heavy (non-hydrogen) atoms. The number of fused-ring (bicyclic) bond motifs is 3. The van der Waals surface area contributed by atoms with E-state index in [0.29, 0.717) is 53.8 Å². The molecule has 0 saturated carbocycles. The Morgan fingerprint density at radius 2 is 1.56 bits per heavy atom. The molecule has 0 saturated heterocycles. The van der Waals surface area contributed by atoms with E-state index in [4.69, 9.17) is 23.7 Å². The Hall–Kier alpha value is -4.68. The predicted molar refractivity (Wildman–Crippen MR) is 166 cm³/mol. The maximum Gasteiger partial charge on any atom is 0.323 e. The fraction of sp³-hybridized carbons (Fsp3) is 0.394. The van der Waals surface area contributed by atoms with Crippen LogP contribution >= 0.6 is 0 Å². The van der Waals surface area contributed by atoms with Crippen LogP contribution in [0.5, 0.6) is 28.7 Å². The number of nitrogens with zero attached hydrogens (tertiary/aromatic N) is 2. The molecule has 0 spiro atoms. The summed E-state index contributed by atoms with van der Waals surface area (Å²) in [6.07, 6.45) is -0.207. The number of aliphatic hydroxyl groups is 1. The number of rotatable bonds is 8. The van der Waals surface area contributed by atoms with Gasteiger partial charge in [-0.05, 0) is 62.0 Å². The highest BCUT2D eigenvalue weighted by molar-refractivity contribution is 6.00. The van der Waals surface area contributed by atoms with E-state index in [0.717, 1.165) is 17.1 Å². The van der Waals surface area contributed by atoms with Gasteiger partial charge in [0.25, 0.3) is 0 Å². The highest BCUT2D eigenvalue weighted by atomic mass is 16.7. The molecular weight excluding hydrogens is 580 g/mol.